The van der Waals surface area contributed by atoms with Gasteiger partial charge in [0.25, 0.3) is 0 Å². The van der Waals surface area contributed by atoms with E-state index >= 15 is 0 Å². The van der Waals surface area contributed by atoms with Gasteiger partial charge in [0.1, 0.15) is 13.2 Å². The molecule has 0 aliphatic carbocycles. The van der Waals surface area contributed by atoms with Crippen LogP contribution in [0, 0.1) is 0 Å². The molecule has 0 saturated heterocycles. The zero-order chi connectivity index (χ0) is 36.6. The van der Waals surface area contributed by atoms with E-state index in [9.17, 15) is 14.4 Å². The molecule has 0 aromatic carbocycles. The van der Waals surface area contributed by atoms with Crippen LogP contribution in [0.1, 0.15) is 207 Å². The number of carbonyl (C=O) groups excluding carboxylic acids is 3. The zero-order valence-electron chi connectivity index (χ0n) is 32.9. The Morgan fingerprint density at radius 3 is 1.22 bits per heavy atom. The first-order chi connectivity index (χ1) is 24.5. The quantitative estimate of drug-likeness (QED) is 0.0277. The van der Waals surface area contributed by atoms with Gasteiger partial charge in [0.2, 0.25) is 0 Å². The minimum Gasteiger partial charge on any atom is -0.462 e. The standard InChI is InChI=1S/C44H78O6/c1-4-7-10-13-15-17-19-20-21-22-23-24-25-27-28-31-34-37-43(46)49-40-41(39-48-42(45)36-33-30-12-9-6-3)50-44(47)38-35-32-29-26-18-16-14-11-8-5-2/h7,10,15,17,20-21,41H,4-6,8-9,11-14,16,18-19,22-40H2,1-3H3/b10-7-,17-15-,21-20-. The second-order valence-corrected chi connectivity index (χ2v) is 13.9. The Hall–Kier alpha value is -2.37. The van der Waals surface area contributed by atoms with E-state index in [2.05, 4.69) is 57.2 Å². The molecular weight excluding hydrogens is 624 g/mol. The van der Waals surface area contributed by atoms with E-state index in [1.54, 1.807) is 0 Å². The van der Waals surface area contributed by atoms with Crippen LogP contribution in [0.5, 0.6) is 0 Å². The number of esters is 3. The first-order valence-electron chi connectivity index (χ1n) is 21.0. The summed E-state index contributed by atoms with van der Waals surface area (Å²) in [7, 11) is 0. The molecule has 6 heteroatoms. The summed E-state index contributed by atoms with van der Waals surface area (Å²) in [5, 5.41) is 0. The third-order valence-corrected chi connectivity index (χ3v) is 8.91. The van der Waals surface area contributed by atoms with E-state index in [0.29, 0.717) is 19.3 Å². The maximum atomic E-state index is 12.6. The van der Waals surface area contributed by atoms with E-state index in [1.165, 1.54) is 77.0 Å². The predicted molar refractivity (Wildman–Crippen MR) is 210 cm³/mol. The van der Waals surface area contributed by atoms with Crippen molar-refractivity contribution < 1.29 is 28.6 Å². The Bertz CT molecular complexity index is 861. The number of unbranched alkanes of at least 4 members (excludes halogenated alkanes) is 20. The van der Waals surface area contributed by atoms with Gasteiger partial charge in [-0.05, 0) is 51.4 Å². The van der Waals surface area contributed by atoms with E-state index in [1.807, 2.05) is 0 Å². The molecule has 1 unspecified atom stereocenters. The Kier molecular flexibility index (Phi) is 37.5. The lowest BCUT2D eigenvalue weighted by atomic mass is 10.1. The molecule has 0 aromatic rings. The minimum atomic E-state index is -0.766. The molecule has 0 N–H and O–H groups in total. The first kappa shape index (κ1) is 47.6. The summed E-state index contributed by atoms with van der Waals surface area (Å²) in [5.41, 5.74) is 0. The van der Waals surface area contributed by atoms with Gasteiger partial charge in [-0.25, -0.2) is 0 Å². The normalized spacial score (nSPS) is 12.3. The van der Waals surface area contributed by atoms with Crippen molar-refractivity contribution >= 4 is 17.9 Å². The molecule has 0 spiro atoms. The molecule has 0 fully saturated rings. The van der Waals surface area contributed by atoms with Gasteiger partial charge in [-0.1, -0.05) is 173 Å². The molecule has 290 valence electrons. The average molecular weight is 703 g/mol. The molecule has 0 bridgehead atoms. The van der Waals surface area contributed by atoms with Gasteiger partial charge in [0.05, 0.1) is 0 Å². The van der Waals surface area contributed by atoms with Crippen molar-refractivity contribution in [1.82, 2.24) is 0 Å². The molecule has 0 saturated carbocycles. The Morgan fingerprint density at radius 1 is 0.420 bits per heavy atom. The molecule has 6 nitrogen and oxygen atoms in total. The van der Waals surface area contributed by atoms with E-state index in [0.717, 1.165) is 89.9 Å². The van der Waals surface area contributed by atoms with Crippen LogP contribution in [0.2, 0.25) is 0 Å². The second-order valence-electron chi connectivity index (χ2n) is 13.9. The molecule has 0 amide bonds. The van der Waals surface area contributed by atoms with Crippen LogP contribution >= 0.6 is 0 Å². The molecule has 1 atom stereocenters. The molecule has 50 heavy (non-hydrogen) atoms. The number of ether oxygens (including phenoxy) is 3. The minimum absolute atomic E-state index is 0.0748. The lowest BCUT2D eigenvalue weighted by molar-refractivity contribution is -0.167. The molecule has 0 rings (SSSR count). The highest BCUT2D eigenvalue weighted by molar-refractivity contribution is 5.71. The molecule has 0 radical (unpaired) electrons. The smallest absolute Gasteiger partial charge is 0.306 e. The van der Waals surface area contributed by atoms with Crippen molar-refractivity contribution in [2.45, 2.75) is 213 Å². The summed E-state index contributed by atoms with van der Waals surface area (Å²) < 4.78 is 16.5. The second kappa shape index (κ2) is 39.4. The monoisotopic (exact) mass is 703 g/mol. The fraction of sp³-hybridized carbons (Fsp3) is 0.795. The number of rotatable bonds is 37. The number of allylic oxidation sites excluding steroid dienone is 6. The molecule has 0 aromatic heterocycles. The highest BCUT2D eigenvalue weighted by atomic mass is 16.6. The van der Waals surface area contributed by atoms with Crippen molar-refractivity contribution in [3.05, 3.63) is 36.5 Å². The van der Waals surface area contributed by atoms with Gasteiger partial charge in [0, 0.05) is 19.3 Å². The summed E-state index contributed by atoms with van der Waals surface area (Å²) in [6.45, 7) is 6.41. The van der Waals surface area contributed by atoms with Crippen LogP contribution in [-0.2, 0) is 28.6 Å². The topological polar surface area (TPSA) is 78.9 Å². The van der Waals surface area contributed by atoms with Crippen molar-refractivity contribution in [1.29, 1.82) is 0 Å². The SMILES string of the molecule is CC/C=C\C/C=C\C/C=C\CCCCCCCCCC(=O)OCC(COC(=O)CCCCCCC)OC(=O)CCCCCCCCCCCC. The Labute approximate surface area is 308 Å². The Balaban J connectivity index is 4.22. The van der Waals surface area contributed by atoms with Gasteiger partial charge < -0.3 is 14.2 Å². The molecule has 0 aliphatic heterocycles. The highest BCUT2D eigenvalue weighted by Crippen LogP contribution is 2.14. The van der Waals surface area contributed by atoms with Crippen molar-refractivity contribution in [2.24, 2.45) is 0 Å². The maximum Gasteiger partial charge on any atom is 0.306 e. The van der Waals surface area contributed by atoms with Crippen LogP contribution in [0.4, 0.5) is 0 Å². The van der Waals surface area contributed by atoms with Crippen molar-refractivity contribution in [2.75, 3.05) is 13.2 Å². The van der Waals surface area contributed by atoms with Gasteiger partial charge in [-0.3, -0.25) is 14.4 Å². The fourth-order valence-electron chi connectivity index (χ4n) is 5.75. The van der Waals surface area contributed by atoms with Crippen LogP contribution in [0.15, 0.2) is 36.5 Å². The van der Waals surface area contributed by atoms with Crippen LogP contribution < -0.4 is 0 Å². The lowest BCUT2D eigenvalue weighted by Crippen LogP contribution is -2.30. The third-order valence-electron chi connectivity index (χ3n) is 8.91. The fourth-order valence-corrected chi connectivity index (χ4v) is 5.75. The third kappa shape index (κ3) is 36.9. The van der Waals surface area contributed by atoms with Gasteiger partial charge in [-0.15, -0.1) is 0 Å². The van der Waals surface area contributed by atoms with Crippen LogP contribution in [0.25, 0.3) is 0 Å². The van der Waals surface area contributed by atoms with Gasteiger partial charge >= 0.3 is 17.9 Å². The molecular formula is C44H78O6. The number of carbonyl (C=O) groups is 3. The Morgan fingerprint density at radius 2 is 0.780 bits per heavy atom. The summed E-state index contributed by atoms with van der Waals surface area (Å²) in [4.78, 5) is 37.3. The summed E-state index contributed by atoms with van der Waals surface area (Å²) in [5.74, 6) is -0.901. The van der Waals surface area contributed by atoms with Crippen LogP contribution in [-0.4, -0.2) is 37.2 Å². The molecule has 0 aliphatic rings. The van der Waals surface area contributed by atoms with E-state index in [-0.39, 0.29) is 31.1 Å². The van der Waals surface area contributed by atoms with Gasteiger partial charge in [-0.2, -0.15) is 0 Å². The average Bonchev–Trinajstić information content (AvgIpc) is 3.11. The number of hydrogen-bond acceptors (Lipinski definition) is 6. The number of hydrogen-bond donors (Lipinski definition) is 0. The lowest BCUT2D eigenvalue weighted by Gasteiger charge is -2.18. The highest BCUT2D eigenvalue weighted by Gasteiger charge is 2.19. The first-order valence-corrected chi connectivity index (χ1v) is 21.0. The summed E-state index contributed by atoms with van der Waals surface area (Å²) in [6.07, 6.45) is 43.0. The zero-order valence-corrected chi connectivity index (χ0v) is 32.9. The van der Waals surface area contributed by atoms with E-state index < -0.39 is 6.10 Å². The van der Waals surface area contributed by atoms with E-state index in [4.69, 9.17) is 14.2 Å². The largest absolute Gasteiger partial charge is 0.462 e. The predicted octanol–water partition coefficient (Wildman–Crippen LogP) is 13.0. The molecule has 0 heterocycles. The van der Waals surface area contributed by atoms with Crippen LogP contribution in [0.3, 0.4) is 0 Å². The summed E-state index contributed by atoms with van der Waals surface area (Å²) in [6, 6.07) is 0. The summed E-state index contributed by atoms with van der Waals surface area (Å²) >= 11 is 0. The maximum absolute atomic E-state index is 12.6. The van der Waals surface area contributed by atoms with Crippen molar-refractivity contribution in [3.63, 3.8) is 0 Å². The van der Waals surface area contributed by atoms with Gasteiger partial charge in [0.15, 0.2) is 6.10 Å². The van der Waals surface area contributed by atoms with Crippen molar-refractivity contribution in [3.8, 4) is 0 Å².